The zero-order valence-electron chi connectivity index (χ0n) is 5.67. The summed E-state index contributed by atoms with van der Waals surface area (Å²) in [5.74, 6) is 0.344. The highest BCUT2D eigenvalue weighted by Crippen LogP contribution is 2.10. The molecular weight excluding hydrogens is 149 g/mol. The van der Waals surface area contributed by atoms with Crippen molar-refractivity contribution in [1.82, 2.24) is 4.98 Å². The van der Waals surface area contributed by atoms with Gasteiger partial charge >= 0.3 is 0 Å². The van der Waals surface area contributed by atoms with Gasteiger partial charge in [-0.2, -0.15) is 16.2 Å². The molecule has 3 heteroatoms. The summed E-state index contributed by atoms with van der Waals surface area (Å²) in [6.45, 7) is 0. The lowest BCUT2D eigenvalue weighted by molar-refractivity contribution is 0.573. The third kappa shape index (κ3) is 1.70. The van der Waals surface area contributed by atoms with Crippen LogP contribution in [0.1, 0.15) is 5.56 Å². The molecule has 54 valence electrons. The number of nitrogens with zero attached hydrogens (tertiary/aromatic N) is 1. The van der Waals surface area contributed by atoms with Crippen LogP contribution >= 0.6 is 11.8 Å². The molecule has 0 amide bonds. The average molecular weight is 157 g/mol. The molecule has 0 aliphatic carbocycles. The van der Waals surface area contributed by atoms with Crippen molar-refractivity contribution in [3.63, 3.8) is 0 Å². The summed E-state index contributed by atoms with van der Waals surface area (Å²) < 4.78 is 12.7. The van der Waals surface area contributed by atoms with E-state index in [1.807, 2.05) is 6.26 Å². The molecule has 0 unspecified atom stereocenters. The van der Waals surface area contributed by atoms with Crippen LogP contribution in [-0.4, -0.2) is 11.2 Å². The second kappa shape index (κ2) is 3.56. The van der Waals surface area contributed by atoms with Gasteiger partial charge in [-0.25, -0.2) is 4.98 Å². The van der Waals surface area contributed by atoms with Crippen LogP contribution < -0.4 is 0 Å². The van der Waals surface area contributed by atoms with Gasteiger partial charge < -0.3 is 0 Å². The molecule has 0 N–H and O–H groups in total. The van der Waals surface area contributed by atoms with Gasteiger partial charge in [-0.15, -0.1) is 0 Å². The van der Waals surface area contributed by atoms with Crippen molar-refractivity contribution in [3.05, 3.63) is 29.8 Å². The molecule has 0 bridgehead atoms. The van der Waals surface area contributed by atoms with E-state index in [4.69, 9.17) is 0 Å². The second-order valence-corrected chi connectivity index (χ2v) is 2.75. The summed E-state index contributed by atoms with van der Waals surface area (Å²) in [6.07, 6.45) is 3.39. The van der Waals surface area contributed by atoms with E-state index in [0.29, 0.717) is 11.3 Å². The summed E-state index contributed by atoms with van der Waals surface area (Å²) >= 11 is 1.59. The zero-order valence-corrected chi connectivity index (χ0v) is 6.49. The number of thioether (sulfide) groups is 1. The number of aromatic nitrogens is 1. The molecule has 1 rings (SSSR count). The highest BCUT2D eigenvalue weighted by atomic mass is 32.2. The van der Waals surface area contributed by atoms with Crippen LogP contribution in [0.3, 0.4) is 0 Å². The van der Waals surface area contributed by atoms with Crippen molar-refractivity contribution >= 4 is 11.8 Å². The topological polar surface area (TPSA) is 12.9 Å². The SMILES string of the molecule is CSCc1cccnc1F. The lowest BCUT2D eigenvalue weighted by Gasteiger charge is -1.96. The van der Waals surface area contributed by atoms with Crippen LogP contribution in [0.4, 0.5) is 4.39 Å². The number of rotatable bonds is 2. The van der Waals surface area contributed by atoms with Crippen LogP contribution in [0.2, 0.25) is 0 Å². The molecule has 0 saturated heterocycles. The van der Waals surface area contributed by atoms with Crippen molar-refractivity contribution in [3.8, 4) is 0 Å². The standard InChI is InChI=1S/C7H8FNS/c1-10-5-6-3-2-4-9-7(6)8/h2-4H,5H2,1H3. The fourth-order valence-corrected chi connectivity index (χ4v) is 1.21. The molecule has 10 heavy (non-hydrogen) atoms. The van der Waals surface area contributed by atoms with Crippen molar-refractivity contribution in [2.24, 2.45) is 0 Å². The predicted octanol–water partition coefficient (Wildman–Crippen LogP) is 2.08. The van der Waals surface area contributed by atoms with Gasteiger partial charge in [0.1, 0.15) is 0 Å². The Kier molecular flexibility index (Phi) is 2.68. The Morgan fingerprint density at radius 3 is 3.10 bits per heavy atom. The molecule has 0 atom stereocenters. The Morgan fingerprint density at radius 2 is 2.50 bits per heavy atom. The molecule has 0 radical (unpaired) electrons. The fourth-order valence-electron chi connectivity index (χ4n) is 0.683. The van der Waals surface area contributed by atoms with E-state index >= 15 is 0 Å². The van der Waals surface area contributed by atoms with E-state index in [-0.39, 0.29) is 5.95 Å². The third-order valence-corrected chi connectivity index (χ3v) is 1.74. The van der Waals surface area contributed by atoms with Gasteiger partial charge in [-0.05, 0) is 12.3 Å². The minimum Gasteiger partial charge on any atom is -0.228 e. The molecule has 1 aromatic rings. The minimum absolute atomic E-state index is 0.350. The third-order valence-electron chi connectivity index (χ3n) is 1.14. The fraction of sp³-hybridized carbons (Fsp3) is 0.286. The van der Waals surface area contributed by atoms with E-state index in [1.165, 1.54) is 6.20 Å². The predicted molar refractivity (Wildman–Crippen MR) is 41.4 cm³/mol. The lowest BCUT2D eigenvalue weighted by Crippen LogP contribution is -1.89. The summed E-state index contributed by atoms with van der Waals surface area (Å²) in [6, 6.07) is 3.49. The smallest absolute Gasteiger partial charge is 0.216 e. The van der Waals surface area contributed by atoms with Gasteiger partial charge in [-0.1, -0.05) is 6.07 Å². The lowest BCUT2D eigenvalue weighted by atomic mass is 10.3. The molecular formula is C7H8FNS. The molecule has 0 spiro atoms. The zero-order chi connectivity index (χ0) is 7.40. The van der Waals surface area contributed by atoms with Crippen molar-refractivity contribution in [2.75, 3.05) is 6.26 Å². The van der Waals surface area contributed by atoms with Crippen LogP contribution in [0.5, 0.6) is 0 Å². The largest absolute Gasteiger partial charge is 0.228 e. The summed E-state index contributed by atoms with van der Waals surface area (Å²) in [5.41, 5.74) is 0.676. The van der Waals surface area contributed by atoms with Crippen LogP contribution in [0.25, 0.3) is 0 Å². The molecule has 0 fully saturated rings. The summed E-state index contributed by atoms with van der Waals surface area (Å²) in [7, 11) is 0. The first kappa shape index (κ1) is 7.54. The molecule has 0 aliphatic heterocycles. The first-order valence-electron chi connectivity index (χ1n) is 2.93. The van der Waals surface area contributed by atoms with Gasteiger partial charge in [0.15, 0.2) is 0 Å². The van der Waals surface area contributed by atoms with Gasteiger partial charge in [-0.3, -0.25) is 0 Å². The first-order chi connectivity index (χ1) is 4.84. The Balaban J connectivity index is 2.81. The maximum Gasteiger partial charge on any atom is 0.216 e. The van der Waals surface area contributed by atoms with Crippen LogP contribution in [-0.2, 0) is 5.75 Å². The van der Waals surface area contributed by atoms with Crippen molar-refractivity contribution in [1.29, 1.82) is 0 Å². The summed E-state index contributed by atoms with van der Waals surface area (Å²) in [4.78, 5) is 3.52. The Morgan fingerprint density at radius 1 is 1.70 bits per heavy atom. The average Bonchev–Trinajstić information content (AvgIpc) is 1.94. The molecule has 1 aromatic heterocycles. The van der Waals surface area contributed by atoms with Crippen LogP contribution in [0.15, 0.2) is 18.3 Å². The van der Waals surface area contributed by atoms with E-state index < -0.39 is 0 Å². The van der Waals surface area contributed by atoms with Gasteiger partial charge in [0.2, 0.25) is 5.95 Å². The van der Waals surface area contributed by atoms with E-state index in [2.05, 4.69) is 4.98 Å². The highest BCUT2D eigenvalue weighted by Gasteiger charge is 1.98. The van der Waals surface area contributed by atoms with Crippen molar-refractivity contribution < 1.29 is 4.39 Å². The minimum atomic E-state index is -0.350. The number of hydrogen-bond donors (Lipinski definition) is 0. The maximum atomic E-state index is 12.7. The van der Waals surface area contributed by atoms with Crippen molar-refractivity contribution in [2.45, 2.75) is 5.75 Å². The molecule has 0 aliphatic rings. The van der Waals surface area contributed by atoms with Crippen LogP contribution in [0, 0.1) is 5.95 Å². The van der Waals surface area contributed by atoms with E-state index in [1.54, 1.807) is 23.9 Å². The number of halogens is 1. The normalized spacial score (nSPS) is 9.80. The monoisotopic (exact) mass is 157 g/mol. The Labute approximate surface area is 63.7 Å². The second-order valence-electron chi connectivity index (χ2n) is 1.89. The Bertz CT molecular complexity index is 215. The highest BCUT2D eigenvalue weighted by molar-refractivity contribution is 7.97. The maximum absolute atomic E-state index is 12.7. The molecule has 1 nitrogen and oxygen atoms in total. The molecule has 0 saturated carbocycles. The van der Waals surface area contributed by atoms with E-state index in [9.17, 15) is 4.39 Å². The molecule has 1 heterocycles. The number of hydrogen-bond acceptors (Lipinski definition) is 2. The molecule has 0 aromatic carbocycles. The summed E-state index contributed by atoms with van der Waals surface area (Å²) in [5, 5.41) is 0. The van der Waals surface area contributed by atoms with Gasteiger partial charge in [0, 0.05) is 17.5 Å². The number of pyridine rings is 1. The van der Waals surface area contributed by atoms with Gasteiger partial charge in [0.25, 0.3) is 0 Å². The first-order valence-corrected chi connectivity index (χ1v) is 4.32. The van der Waals surface area contributed by atoms with Gasteiger partial charge in [0.05, 0.1) is 0 Å². The quantitative estimate of drug-likeness (QED) is 0.610. The Hall–Kier alpha value is -0.570. The van der Waals surface area contributed by atoms with E-state index in [0.717, 1.165) is 0 Å².